The van der Waals surface area contributed by atoms with Crippen molar-refractivity contribution in [2.75, 3.05) is 11.4 Å². The van der Waals surface area contributed by atoms with Crippen LogP contribution < -0.4 is 10.6 Å². The molecule has 1 unspecified atom stereocenters. The lowest BCUT2D eigenvalue weighted by molar-refractivity contribution is -0.124. The predicted octanol–water partition coefficient (Wildman–Crippen LogP) is 2.22. The minimum atomic E-state index is 0.0802. The van der Waals surface area contributed by atoms with Crippen molar-refractivity contribution in [3.8, 4) is 0 Å². The fourth-order valence-electron chi connectivity index (χ4n) is 2.70. The Morgan fingerprint density at radius 2 is 2.00 bits per heavy atom. The van der Waals surface area contributed by atoms with E-state index in [9.17, 15) is 4.79 Å². The number of amides is 1. The van der Waals surface area contributed by atoms with E-state index in [2.05, 4.69) is 0 Å². The third-order valence-corrected chi connectivity index (χ3v) is 4.01. The molecule has 1 aliphatic heterocycles. The lowest BCUT2D eigenvalue weighted by Gasteiger charge is -2.37. The van der Waals surface area contributed by atoms with Gasteiger partial charge >= 0.3 is 0 Å². The molecule has 90 valence electrons. The van der Waals surface area contributed by atoms with Gasteiger partial charge in [0.2, 0.25) is 5.91 Å². The molecule has 0 radical (unpaired) electrons. The van der Waals surface area contributed by atoms with Crippen LogP contribution in [0.4, 0.5) is 5.69 Å². The Morgan fingerprint density at radius 1 is 1.24 bits per heavy atom. The highest BCUT2D eigenvalue weighted by Gasteiger charge is 2.33. The van der Waals surface area contributed by atoms with Gasteiger partial charge in [-0.3, -0.25) is 4.79 Å². The van der Waals surface area contributed by atoms with E-state index < -0.39 is 0 Å². The number of fused-ring (bicyclic) bond motifs is 1. The summed E-state index contributed by atoms with van der Waals surface area (Å²) in [6.45, 7) is 0.771. The minimum absolute atomic E-state index is 0.0802. The summed E-state index contributed by atoms with van der Waals surface area (Å²) in [4.78, 5) is 14.3. The van der Waals surface area contributed by atoms with Gasteiger partial charge in [-0.1, -0.05) is 24.6 Å². The van der Waals surface area contributed by atoms with E-state index in [1.54, 1.807) is 0 Å². The zero-order chi connectivity index (χ0) is 11.8. The molecule has 1 amide bonds. The van der Waals surface area contributed by atoms with Gasteiger partial charge in [0.1, 0.15) is 0 Å². The monoisotopic (exact) mass is 230 g/mol. The molecule has 1 atom stereocenters. The Labute approximate surface area is 102 Å². The first kappa shape index (κ1) is 10.8. The van der Waals surface area contributed by atoms with Crippen LogP contribution in [0.1, 0.15) is 37.3 Å². The SMILES string of the molecule is NC1CCN(C(=O)C2CCC2)c2ccccc21. The summed E-state index contributed by atoms with van der Waals surface area (Å²) in [6, 6.07) is 8.12. The van der Waals surface area contributed by atoms with Gasteiger partial charge in [0, 0.05) is 24.2 Å². The molecular weight excluding hydrogens is 212 g/mol. The van der Waals surface area contributed by atoms with Crippen LogP contribution >= 0.6 is 0 Å². The quantitative estimate of drug-likeness (QED) is 0.804. The molecule has 0 aromatic heterocycles. The summed E-state index contributed by atoms with van der Waals surface area (Å²) in [5.41, 5.74) is 8.24. The molecule has 1 aromatic carbocycles. The van der Waals surface area contributed by atoms with Gasteiger partial charge < -0.3 is 10.6 Å². The molecule has 0 saturated heterocycles. The van der Waals surface area contributed by atoms with Crippen molar-refractivity contribution in [2.24, 2.45) is 11.7 Å². The van der Waals surface area contributed by atoms with Crippen molar-refractivity contribution in [1.82, 2.24) is 0 Å². The van der Waals surface area contributed by atoms with Crippen molar-refractivity contribution in [3.05, 3.63) is 29.8 Å². The van der Waals surface area contributed by atoms with Crippen molar-refractivity contribution >= 4 is 11.6 Å². The summed E-state index contributed by atoms with van der Waals surface area (Å²) in [7, 11) is 0. The first-order valence-electron chi connectivity index (χ1n) is 6.43. The van der Waals surface area contributed by atoms with E-state index in [4.69, 9.17) is 5.73 Å². The predicted molar refractivity (Wildman–Crippen MR) is 67.7 cm³/mol. The van der Waals surface area contributed by atoms with E-state index in [1.165, 1.54) is 6.42 Å². The van der Waals surface area contributed by atoms with Gasteiger partial charge in [0.15, 0.2) is 0 Å². The average Bonchev–Trinajstić information content (AvgIpc) is 2.27. The normalized spacial score (nSPS) is 24.1. The molecule has 2 N–H and O–H groups in total. The van der Waals surface area contributed by atoms with Crippen LogP contribution in [0, 0.1) is 5.92 Å². The number of para-hydroxylation sites is 1. The lowest BCUT2D eigenvalue weighted by atomic mass is 9.83. The lowest BCUT2D eigenvalue weighted by Crippen LogP contribution is -2.43. The summed E-state index contributed by atoms with van der Waals surface area (Å²) in [5, 5.41) is 0. The topological polar surface area (TPSA) is 46.3 Å². The van der Waals surface area contributed by atoms with Crippen LogP contribution in [-0.4, -0.2) is 12.5 Å². The number of carbonyl (C=O) groups is 1. The molecule has 1 aromatic rings. The second-order valence-electron chi connectivity index (χ2n) is 5.07. The molecule has 3 heteroatoms. The standard InChI is InChI=1S/C14H18N2O/c15-12-8-9-16(14(17)10-4-3-5-10)13-7-2-1-6-11(12)13/h1-2,6-7,10,12H,3-5,8-9,15H2. The highest BCUT2D eigenvalue weighted by Crippen LogP contribution is 2.36. The number of anilines is 1. The fraction of sp³-hybridized carbons (Fsp3) is 0.500. The van der Waals surface area contributed by atoms with Gasteiger partial charge in [-0.2, -0.15) is 0 Å². The van der Waals surface area contributed by atoms with Crippen LogP contribution in [0.2, 0.25) is 0 Å². The molecule has 1 fully saturated rings. The van der Waals surface area contributed by atoms with Crippen molar-refractivity contribution in [1.29, 1.82) is 0 Å². The van der Waals surface area contributed by atoms with Crippen molar-refractivity contribution < 1.29 is 4.79 Å². The maximum atomic E-state index is 12.3. The first-order chi connectivity index (χ1) is 8.27. The Morgan fingerprint density at radius 3 is 2.71 bits per heavy atom. The van der Waals surface area contributed by atoms with E-state index in [-0.39, 0.29) is 12.0 Å². The Balaban J connectivity index is 1.92. The Kier molecular flexibility index (Phi) is 2.63. The molecule has 3 nitrogen and oxygen atoms in total. The smallest absolute Gasteiger partial charge is 0.230 e. The fourth-order valence-corrected chi connectivity index (χ4v) is 2.70. The van der Waals surface area contributed by atoms with Crippen molar-refractivity contribution in [2.45, 2.75) is 31.7 Å². The van der Waals surface area contributed by atoms with Crippen molar-refractivity contribution in [3.63, 3.8) is 0 Å². The molecule has 3 rings (SSSR count). The summed E-state index contributed by atoms with van der Waals surface area (Å²) in [6.07, 6.45) is 4.19. The molecular formula is C14H18N2O. The third kappa shape index (κ3) is 1.75. The number of nitrogens with two attached hydrogens (primary N) is 1. The Hall–Kier alpha value is -1.35. The molecule has 17 heavy (non-hydrogen) atoms. The Bertz CT molecular complexity index is 440. The minimum Gasteiger partial charge on any atom is -0.324 e. The number of nitrogens with zero attached hydrogens (tertiary/aromatic N) is 1. The molecule has 0 spiro atoms. The second kappa shape index (κ2) is 4.15. The summed E-state index contributed by atoms with van der Waals surface area (Å²) >= 11 is 0. The number of hydrogen-bond acceptors (Lipinski definition) is 2. The van der Waals surface area contributed by atoms with Gasteiger partial charge in [0.25, 0.3) is 0 Å². The first-order valence-corrected chi connectivity index (χ1v) is 6.43. The van der Waals surface area contributed by atoms with Gasteiger partial charge in [0.05, 0.1) is 0 Å². The molecule has 2 aliphatic rings. The van der Waals surface area contributed by atoms with E-state index >= 15 is 0 Å². The third-order valence-electron chi connectivity index (χ3n) is 4.01. The maximum absolute atomic E-state index is 12.3. The second-order valence-corrected chi connectivity index (χ2v) is 5.07. The average molecular weight is 230 g/mol. The number of carbonyl (C=O) groups excluding carboxylic acids is 1. The zero-order valence-electron chi connectivity index (χ0n) is 9.93. The van der Waals surface area contributed by atoms with Crippen LogP contribution in [0.3, 0.4) is 0 Å². The van der Waals surface area contributed by atoms with Crippen LogP contribution in [0.25, 0.3) is 0 Å². The molecule has 0 bridgehead atoms. The van der Waals surface area contributed by atoms with E-state index in [0.29, 0.717) is 5.91 Å². The maximum Gasteiger partial charge on any atom is 0.230 e. The van der Waals surface area contributed by atoms with Crippen LogP contribution in [-0.2, 0) is 4.79 Å². The van der Waals surface area contributed by atoms with Crippen LogP contribution in [0.5, 0.6) is 0 Å². The molecule has 1 heterocycles. The number of benzene rings is 1. The van der Waals surface area contributed by atoms with Gasteiger partial charge in [-0.15, -0.1) is 0 Å². The van der Waals surface area contributed by atoms with Crippen LogP contribution in [0.15, 0.2) is 24.3 Å². The summed E-state index contributed by atoms with van der Waals surface area (Å²) in [5.74, 6) is 0.563. The van der Waals surface area contributed by atoms with E-state index in [0.717, 1.165) is 37.1 Å². The molecule has 1 aliphatic carbocycles. The largest absolute Gasteiger partial charge is 0.324 e. The zero-order valence-corrected chi connectivity index (χ0v) is 9.93. The highest BCUT2D eigenvalue weighted by molar-refractivity contribution is 5.96. The van der Waals surface area contributed by atoms with Gasteiger partial charge in [-0.25, -0.2) is 0 Å². The molecule has 1 saturated carbocycles. The summed E-state index contributed by atoms with van der Waals surface area (Å²) < 4.78 is 0. The van der Waals surface area contributed by atoms with Gasteiger partial charge in [-0.05, 0) is 30.9 Å². The number of hydrogen-bond donors (Lipinski definition) is 1. The number of rotatable bonds is 1. The van der Waals surface area contributed by atoms with E-state index in [1.807, 2.05) is 29.2 Å². The highest BCUT2D eigenvalue weighted by atomic mass is 16.2.